The monoisotopic (exact) mass is 571 g/mol. The summed E-state index contributed by atoms with van der Waals surface area (Å²) in [6, 6.07) is 10.2. The summed E-state index contributed by atoms with van der Waals surface area (Å²) >= 11 is 15.3. The molecule has 0 aliphatic heterocycles. The minimum Gasteiger partial charge on any atom is -0.558 e. The van der Waals surface area contributed by atoms with Crippen LogP contribution in [0.15, 0.2) is 30.3 Å². The topological polar surface area (TPSA) is 21.3 Å². The Kier molecular flexibility index (Phi) is 9.82. The SMILES string of the molecule is CC[Si-](CC)(CC)OC(CNCc1cc(F)cc(F)c1)c1c(Cl)cc(I)cc1Cl. The summed E-state index contributed by atoms with van der Waals surface area (Å²) in [5, 5.41) is 4.40. The van der Waals surface area contributed by atoms with E-state index in [1.54, 1.807) is 0 Å². The van der Waals surface area contributed by atoms with E-state index >= 15 is 0 Å². The van der Waals surface area contributed by atoms with E-state index in [1.807, 2.05) is 12.1 Å². The second-order valence-electron chi connectivity index (χ2n) is 7.04. The summed E-state index contributed by atoms with van der Waals surface area (Å²) in [6.45, 7) is 7.24. The molecule has 2 aromatic carbocycles. The molecule has 0 bridgehead atoms. The molecule has 0 saturated carbocycles. The highest BCUT2D eigenvalue weighted by molar-refractivity contribution is 14.1. The summed E-state index contributed by atoms with van der Waals surface area (Å²) in [6.07, 6.45) is -0.336. The molecule has 0 heterocycles. The van der Waals surface area contributed by atoms with E-state index in [4.69, 9.17) is 27.6 Å². The van der Waals surface area contributed by atoms with Crippen LogP contribution in [0.3, 0.4) is 0 Å². The third kappa shape index (κ3) is 6.87. The summed E-state index contributed by atoms with van der Waals surface area (Å²) in [4.78, 5) is 0. The molecule has 161 valence electrons. The van der Waals surface area contributed by atoms with Crippen LogP contribution in [0, 0.1) is 15.2 Å². The van der Waals surface area contributed by atoms with Crippen molar-refractivity contribution >= 4 is 54.1 Å². The number of benzene rings is 2. The first-order valence-electron chi connectivity index (χ1n) is 9.71. The van der Waals surface area contributed by atoms with Crippen LogP contribution in [-0.2, 0) is 11.0 Å². The van der Waals surface area contributed by atoms with Gasteiger partial charge in [-0.15, -0.1) is 18.1 Å². The molecule has 29 heavy (non-hydrogen) atoms. The Morgan fingerprint density at radius 1 is 0.966 bits per heavy atom. The van der Waals surface area contributed by atoms with Crippen LogP contribution < -0.4 is 5.32 Å². The van der Waals surface area contributed by atoms with E-state index in [0.717, 1.165) is 33.3 Å². The van der Waals surface area contributed by atoms with Crippen molar-refractivity contribution in [1.29, 1.82) is 0 Å². The van der Waals surface area contributed by atoms with Crippen LogP contribution in [-0.4, -0.2) is 14.9 Å². The van der Waals surface area contributed by atoms with Crippen molar-refractivity contribution in [3.8, 4) is 0 Å². The smallest absolute Gasteiger partial charge is 0.126 e. The molecule has 0 saturated heterocycles. The van der Waals surface area contributed by atoms with Crippen molar-refractivity contribution in [2.75, 3.05) is 6.54 Å². The predicted molar refractivity (Wildman–Crippen MR) is 128 cm³/mol. The van der Waals surface area contributed by atoms with Crippen molar-refractivity contribution in [3.05, 3.63) is 66.7 Å². The van der Waals surface area contributed by atoms with E-state index in [1.165, 1.54) is 12.1 Å². The maximum absolute atomic E-state index is 13.5. The summed E-state index contributed by atoms with van der Waals surface area (Å²) < 4.78 is 34.6. The second-order valence-corrected chi connectivity index (χ2v) is 13.8. The predicted octanol–water partition coefficient (Wildman–Crippen LogP) is 7.73. The first-order valence-corrected chi connectivity index (χ1v) is 14.1. The lowest BCUT2D eigenvalue weighted by atomic mass is 10.1. The molecule has 0 aliphatic carbocycles. The third-order valence-corrected chi connectivity index (χ3v) is 11.2. The molecule has 0 amide bonds. The lowest BCUT2D eigenvalue weighted by molar-refractivity contribution is 0.186. The van der Waals surface area contributed by atoms with Crippen molar-refractivity contribution < 1.29 is 13.2 Å². The van der Waals surface area contributed by atoms with Gasteiger partial charge in [-0.3, -0.25) is 0 Å². The Bertz CT molecular complexity index is 785. The van der Waals surface area contributed by atoms with Crippen molar-refractivity contribution in [3.63, 3.8) is 0 Å². The van der Waals surface area contributed by atoms with E-state index in [-0.39, 0.29) is 6.10 Å². The van der Waals surface area contributed by atoms with Gasteiger partial charge in [0.25, 0.3) is 0 Å². The highest BCUT2D eigenvalue weighted by Crippen LogP contribution is 2.37. The molecule has 0 radical (unpaired) electrons. The quantitative estimate of drug-likeness (QED) is 0.233. The molecule has 2 aromatic rings. The molecule has 8 heteroatoms. The standard InChI is InChI=1S/C21H26Cl2F2INOSi/c1-4-29(5-2,6-3)28-20(21-18(22)10-17(26)11-19(21)23)13-27-12-14-7-15(24)9-16(25)8-14/h7-11,20,27H,4-6,12-13H2,1-3H3/q-1. The largest absolute Gasteiger partial charge is 0.558 e. The average molecular weight is 572 g/mol. The molecule has 1 atom stereocenters. The fourth-order valence-electron chi connectivity index (χ4n) is 3.43. The molecular weight excluding hydrogens is 546 g/mol. The molecule has 0 aromatic heterocycles. The van der Waals surface area contributed by atoms with Crippen molar-refractivity contribution in [2.24, 2.45) is 0 Å². The highest BCUT2D eigenvalue weighted by atomic mass is 127. The van der Waals surface area contributed by atoms with Gasteiger partial charge in [0.05, 0.1) is 6.10 Å². The molecule has 1 N–H and O–H groups in total. The molecule has 0 aliphatic rings. The van der Waals surface area contributed by atoms with Gasteiger partial charge < -0.3 is 9.74 Å². The van der Waals surface area contributed by atoms with Crippen molar-refractivity contribution in [2.45, 2.75) is 51.6 Å². The molecular formula is C21H26Cl2F2INOSi-. The Morgan fingerprint density at radius 2 is 1.48 bits per heavy atom. The van der Waals surface area contributed by atoms with Crippen LogP contribution >= 0.6 is 45.8 Å². The van der Waals surface area contributed by atoms with E-state index < -0.39 is 20.0 Å². The summed E-state index contributed by atoms with van der Waals surface area (Å²) in [7, 11) is -1.95. The van der Waals surface area contributed by atoms with Crippen LogP contribution in [0.5, 0.6) is 0 Å². The van der Waals surface area contributed by atoms with Gasteiger partial charge in [0.1, 0.15) is 11.6 Å². The maximum atomic E-state index is 13.5. The zero-order valence-electron chi connectivity index (χ0n) is 16.8. The van der Waals surface area contributed by atoms with E-state index in [2.05, 4.69) is 48.7 Å². The Balaban J connectivity index is 2.27. The Hall–Kier alpha value is -0.253. The second kappa shape index (κ2) is 11.4. The normalized spacial score (nSPS) is 13.0. The zero-order valence-corrected chi connectivity index (χ0v) is 21.5. The number of halogens is 5. The van der Waals surface area contributed by atoms with Crippen molar-refractivity contribution in [1.82, 2.24) is 5.32 Å². The molecule has 0 spiro atoms. The van der Waals surface area contributed by atoms with Gasteiger partial charge in [0.15, 0.2) is 0 Å². The molecule has 2 rings (SSSR count). The fraction of sp³-hybridized carbons (Fsp3) is 0.429. The molecule has 2 nitrogen and oxygen atoms in total. The number of hydrogen-bond donors (Lipinski definition) is 1. The number of hydrogen-bond acceptors (Lipinski definition) is 2. The van der Waals surface area contributed by atoms with Crippen LogP contribution in [0.4, 0.5) is 8.78 Å². The molecule has 1 unspecified atom stereocenters. The van der Waals surface area contributed by atoms with E-state index in [0.29, 0.717) is 28.7 Å². The Labute approximate surface area is 196 Å². The average Bonchev–Trinajstić information content (AvgIpc) is 2.64. The lowest BCUT2D eigenvalue weighted by Gasteiger charge is -2.45. The van der Waals surface area contributed by atoms with Gasteiger partial charge >= 0.3 is 0 Å². The summed E-state index contributed by atoms with van der Waals surface area (Å²) in [5.74, 6) is -1.18. The van der Waals surface area contributed by atoms with Gasteiger partial charge in [-0.05, 0) is 60.7 Å². The van der Waals surface area contributed by atoms with Gasteiger partial charge in [0.2, 0.25) is 0 Å². The van der Waals surface area contributed by atoms with Crippen LogP contribution in [0.2, 0.25) is 28.2 Å². The fourth-order valence-corrected chi connectivity index (χ4v) is 7.95. The van der Waals surface area contributed by atoms with Gasteiger partial charge in [-0.1, -0.05) is 44.0 Å². The number of nitrogens with one attached hydrogen (secondary N) is 1. The van der Waals surface area contributed by atoms with Gasteiger partial charge in [-0.2, -0.15) is 0 Å². The first-order chi connectivity index (χ1) is 13.7. The van der Waals surface area contributed by atoms with E-state index in [9.17, 15) is 8.78 Å². The van der Waals surface area contributed by atoms with Crippen LogP contribution in [0.1, 0.15) is 38.0 Å². The third-order valence-electron chi connectivity index (χ3n) is 5.27. The minimum absolute atomic E-state index is 0.313. The van der Waals surface area contributed by atoms with Gasteiger partial charge in [0, 0.05) is 38.3 Å². The maximum Gasteiger partial charge on any atom is 0.126 e. The zero-order chi connectivity index (χ0) is 21.6. The van der Waals surface area contributed by atoms with Crippen LogP contribution in [0.25, 0.3) is 0 Å². The first kappa shape index (κ1) is 25.0. The minimum atomic E-state index is -1.95. The highest BCUT2D eigenvalue weighted by Gasteiger charge is 2.24. The molecule has 0 fully saturated rings. The Morgan fingerprint density at radius 3 is 1.97 bits per heavy atom. The number of rotatable bonds is 10. The van der Waals surface area contributed by atoms with Gasteiger partial charge in [-0.25, -0.2) is 8.78 Å². The summed E-state index contributed by atoms with van der Waals surface area (Å²) in [5.41, 5.74) is 1.30. The lowest BCUT2D eigenvalue weighted by Crippen LogP contribution is -2.40.